The van der Waals surface area contributed by atoms with Crippen molar-refractivity contribution in [1.29, 1.82) is 0 Å². The fourth-order valence-electron chi connectivity index (χ4n) is 7.65. The van der Waals surface area contributed by atoms with Gasteiger partial charge in [0.05, 0.1) is 7.11 Å². The normalized spacial score (nSPS) is 31.1. The Labute approximate surface area is 202 Å². The third kappa shape index (κ3) is 4.27. The lowest BCUT2D eigenvalue weighted by molar-refractivity contribution is -0.0113. The molecule has 0 spiro atoms. The van der Waals surface area contributed by atoms with Crippen LogP contribution in [0.3, 0.4) is 0 Å². The molecule has 1 aromatic carbocycles. The van der Waals surface area contributed by atoms with Gasteiger partial charge in [0.1, 0.15) is 11.6 Å². The minimum absolute atomic E-state index is 0.303. The van der Waals surface area contributed by atoms with Crippen LogP contribution in [-0.2, 0) is 6.54 Å². The number of piperidine rings is 1. The predicted molar refractivity (Wildman–Crippen MR) is 135 cm³/mol. The highest BCUT2D eigenvalue weighted by atomic mass is 32.1. The number of rotatable bonds is 5. The summed E-state index contributed by atoms with van der Waals surface area (Å²) in [6, 6.07) is 8.34. The number of ether oxygens (including phenoxy) is 1. The SMILES string of the molecule is COc1ccc(Cn2ccnc2C2CCN(C(=S)NC34CC5CC(CC(C5)C3)C4)CC2)cc1. The van der Waals surface area contributed by atoms with Gasteiger partial charge in [-0.25, -0.2) is 4.98 Å². The average molecular weight is 465 g/mol. The van der Waals surface area contributed by atoms with Gasteiger partial charge in [0.2, 0.25) is 0 Å². The Morgan fingerprint density at radius 1 is 1.06 bits per heavy atom. The molecule has 2 heterocycles. The number of likely N-dealkylation sites (tertiary alicyclic amines) is 1. The molecule has 1 saturated heterocycles. The van der Waals surface area contributed by atoms with Crippen molar-refractivity contribution in [1.82, 2.24) is 19.8 Å². The second-order valence-electron chi connectivity index (χ2n) is 11.2. The number of imidazole rings is 1. The van der Waals surface area contributed by atoms with Gasteiger partial charge in [0, 0.05) is 43.5 Å². The lowest BCUT2D eigenvalue weighted by atomic mass is 9.53. The number of methoxy groups -OCH3 is 1. The van der Waals surface area contributed by atoms with Gasteiger partial charge in [0.15, 0.2) is 5.11 Å². The Morgan fingerprint density at radius 3 is 2.30 bits per heavy atom. The lowest BCUT2D eigenvalue weighted by Crippen LogP contribution is -2.62. The largest absolute Gasteiger partial charge is 0.497 e. The molecule has 4 aliphatic carbocycles. The first-order chi connectivity index (χ1) is 16.1. The van der Waals surface area contributed by atoms with Crippen LogP contribution in [0.15, 0.2) is 36.7 Å². The van der Waals surface area contributed by atoms with E-state index in [1.165, 1.54) is 49.9 Å². The number of thiocarbonyl (C=S) groups is 1. The second-order valence-corrected chi connectivity index (χ2v) is 11.5. The van der Waals surface area contributed by atoms with Gasteiger partial charge in [0.25, 0.3) is 0 Å². The van der Waals surface area contributed by atoms with Gasteiger partial charge in [-0.05, 0) is 99.0 Å². The van der Waals surface area contributed by atoms with Crippen molar-refractivity contribution in [3.05, 3.63) is 48.0 Å². The molecule has 4 saturated carbocycles. The Balaban J connectivity index is 1.06. The number of hydrogen-bond acceptors (Lipinski definition) is 3. The van der Waals surface area contributed by atoms with E-state index in [9.17, 15) is 0 Å². The molecule has 5 aliphatic rings. The maximum atomic E-state index is 5.96. The molecule has 0 radical (unpaired) electrons. The van der Waals surface area contributed by atoms with Crippen LogP contribution in [0.5, 0.6) is 5.75 Å². The van der Waals surface area contributed by atoms with Crippen LogP contribution in [0.1, 0.15) is 68.7 Å². The Morgan fingerprint density at radius 2 is 1.70 bits per heavy atom. The number of hydrogen-bond donors (Lipinski definition) is 1. The summed E-state index contributed by atoms with van der Waals surface area (Å²) in [5, 5.41) is 4.93. The van der Waals surface area contributed by atoms with Crippen LogP contribution < -0.4 is 10.1 Å². The maximum Gasteiger partial charge on any atom is 0.169 e. The van der Waals surface area contributed by atoms with Crippen molar-refractivity contribution >= 4 is 17.3 Å². The zero-order valence-electron chi connectivity index (χ0n) is 19.7. The van der Waals surface area contributed by atoms with E-state index in [2.05, 4.69) is 33.1 Å². The standard InChI is InChI=1S/C27H36N4OS/c1-32-24-4-2-19(3-5-24)18-31-11-8-28-25(31)23-6-9-30(10-7-23)26(33)29-27-15-20-12-21(16-27)14-22(13-20)17-27/h2-5,8,11,20-23H,6-7,9-10,12-18H2,1H3,(H,29,33). The Kier molecular flexibility index (Phi) is 5.60. The summed E-state index contributed by atoms with van der Waals surface area (Å²) >= 11 is 5.96. The van der Waals surface area contributed by atoms with E-state index in [0.717, 1.165) is 61.1 Å². The van der Waals surface area contributed by atoms with E-state index in [-0.39, 0.29) is 0 Å². The molecule has 0 amide bonds. The fourth-order valence-corrected chi connectivity index (χ4v) is 8.05. The molecule has 0 unspecified atom stereocenters. The summed E-state index contributed by atoms with van der Waals surface area (Å²) in [4.78, 5) is 7.19. The molecule has 7 rings (SSSR count). The van der Waals surface area contributed by atoms with E-state index in [4.69, 9.17) is 21.9 Å². The molecule has 5 nitrogen and oxygen atoms in total. The third-order valence-corrected chi connectivity index (χ3v) is 9.18. The number of nitrogens with one attached hydrogen (secondary N) is 1. The zero-order chi connectivity index (χ0) is 22.4. The van der Waals surface area contributed by atoms with Gasteiger partial charge in [-0.15, -0.1) is 0 Å². The first kappa shape index (κ1) is 21.5. The molecule has 2 aromatic rings. The van der Waals surface area contributed by atoms with Crippen molar-refractivity contribution in [3.8, 4) is 5.75 Å². The van der Waals surface area contributed by atoms with E-state index in [0.29, 0.717) is 11.5 Å². The van der Waals surface area contributed by atoms with Crippen molar-refractivity contribution in [2.75, 3.05) is 20.2 Å². The molecule has 33 heavy (non-hydrogen) atoms. The van der Waals surface area contributed by atoms with Crippen LogP contribution in [0.4, 0.5) is 0 Å². The van der Waals surface area contributed by atoms with Crippen LogP contribution in [-0.4, -0.2) is 45.3 Å². The van der Waals surface area contributed by atoms with Gasteiger partial charge in [-0.3, -0.25) is 0 Å². The maximum absolute atomic E-state index is 5.96. The topological polar surface area (TPSA) is 42.3 Å². The quantitative estimate of drug-likeness (QED) is 0.634. The molecule has 176 valence electrons. The molecule has 5 fully saturated rings. The smallest absolute Gasteiger partial charge is 0.169 e. The van der Waals surface area contributed by atoms with E-state index in [1.54, 1.807) is 7.11 Å². The van der Waals surface area contributed by atoms with E-state index < -0.39 is 0 Å². The zero-order valence-corrected chi connectivity index (χ0v) is 20.5. The summed E-state index contributed by atoms with van der Waals surface area (Å²) in [7, 11) is 1.71. The summed E-state index contributed by atoms with van der Waals surface area (Å²) in [6.45, 7) is 2.90. The van der Waals surface area contributed by atoms with E-state index >= 15 is 0 Å². The molecule has 1 aromatic heterocycles. The summed E-state index contributed by atoms with van der Waals surface area (Å²) in [5.41, 5.74) is 1.57. The number of nitrogens with zero attached hydrogens (tertiary/aromatic N) is 3. The monoisotopic (exact) mass is 464 g/mol. The molecule has 1 aliphatic heterocycles. The minimum atomic E-state index is 0.303. The van der Waals surface area contributed by atoms with Gasteiger partial charge in [-0.2, -0.15) is 0 Å². The minimum Gasteiger partial charge on any atom is -0.497 e. The van der Waals surface area contributed by atoms with E-state index in [1.807, 2.05) is 18.3 Å². The highest BCUT2D eigenvalue weighted by Crippen LogP contribution is 2.55. The van der Waals surface area contributed by atoms with Gasteiger partial charge < -0.3 is 19.5 Å². The van der Waals surface area contributed by atoms with Crippen LogP contribution in [0, 0.1) is 17.8 Å². The molecule has 1 N–H and O–H groups in total. The first-order valence-corrected chi connectivity index (χ1v) is 13.2. The molecular weight excluding hydrogens is 428 g/mol. The summed E-state index contributed by atoms with van der Waals surface area (Å²) in [6.07, 6.45) is 14.8. The predicted octanol–water partition coefficient (Wildman–Crippen LogP) is 4.96. The highest BCUT2D eigenvalue weighted by molar-refractivity contribution is 7.80. The average Bonchev–Trinajstić information content (AvgIpc) is 3.26. The lowest BCUT2D eigenvalue weighted by Gasteiger charge is -2.57. The van der Waals surface area contributed by atoms with Gasteiger partial charge >= 0.3 is 0 Å². The number of aromatic nitrogens is 2. The molecule has 4 bridgehead atoms. The van der Waals surface area contributed by atoms with Crippen molar-refractivity contribution < 1.29 is 4.74 Å². The summed E-state index contributed by atoms with van der Waals surface area (Å²) < 4.78 is 7.60. The highest BCUT2D eigenvalue weighted by Gasteiger charge is 2.51. The van der Waals surface area contributed by atoms with Crippen LogP contribution in [0.2, 0.25) is 0 Å². The second kappa shape index (κ2) is 8.61. The first-order valence-electron chi connectivity index (χ1n) is 12.8. The van der Waals surface area contributed by atoms with Crippen molar-refractivity contribution in [2.24, 2.45) is 17.8 Å². The van der Waals surface area contributed by atoms with Gasteiger partial charge in [-0.1, -0.05) is 12.1 Å². The van der Waals surface area contributed by atoms with Crippen molar-refractivity contribution in [3.63, 3.8) is 0 Å². The number of benzene rings is 1. The Hall–Kier alpha value is -2.08. The third-order valence-electron chi connectivity index (χ3n) is 8.82. The molecular formula is C27H36N4OS. The fraction of sp³-hybridized carbons (Fsp3) is 0.630. The Bertz CT molecular complexity index is 957. The van der Waals surface area contributed by atoms with Crippen LogP contribution in [0.25, 0.3) is 0 Å². The molecule has 0 atom stereocenters. The molecule has 6 heteroatoms. The van der Waals surface area contributed by atoms with Crippen LogP contribution >= 0.6 is 12.2 Å². The van der Waals surface area contributed by atoms with Crippen molar-refractivity contribution in [2.45, 2.75) is 69.4 Å². The summed E-state index contributed by atoms with van der Waals surface area (Å²) in [5.74, 6) is 5.45.